The van der Waals surface area contributed by atoms with E-state index in [2.05, 4.69) is 28.1 Å². The average Bonchev–Trinajstić information content (AvgIpc) is 2.87. The van der Waals surface area contributed by atoms with Crippen LogP contribution < -0.4 is 5.32 Å². The number of hydrogen-bond donors (Lipinski definition) is 1. The van der Waals surface area contributed by atoms with Gasteiger partial charge in [-0.05, 0) is 43.4 Å². The summed E-state index contributed by atoms with van der Waals surface area (Å²) >= 11 is 0. The Morgan fingerprint density at radius 3 is 3.06 bits per heavy atom. The van der Waals surface area contributed by atoms with Crippen molar-refractivity contribution in [2.24, 2.45) is 0 Å². The smallest absolute Gasteiger partial charge is 0.0518 e. The Morgan fingerprint density at radius 1 is 1.06 bits per heavy atom. The molecule has 2 heterocycles. The fourth-order valence-electron chi connectivity index (χ4n) is 3.59. The molecule has 0 fully saturated rings. The lowest BCUT2D eigenvalue weighted by Crippen LogP contribution is -2.25. The van der Waals surface area contributed by atoms with E-state index in [1.807, 2.05) is 0 Å². The second-order valence-corrected chi connectivity index (χ2v) is 5.24. The van der Waals surface area contributed by atoms with Crippen LogP contribution >= 0.6 is 0 Å². The van der Waals surface area contributed by atoms with Gasteiger partial charge in [-0.3, -0.25) is 0 Å². The van der Waals surface area contributed by atoms with Crippen LogP contribution in [0.1, 0.15) is 23.2 Å². The molecule has 0 spiro atoms. The molecule has 1 aromatic carbocycles. The molecule has 4 rings (SSSR count). The van der Waals surface area contributed by atoms with Gasteiger partial charge in [-0.15, -0.1) is 0 Å². The first-order valence-corrected chi connectivity index (χ1v) is 6.78. The van der Waals surface area contributed by atoms with E-state index in [1.54, 1.807) is 16.8 Å². The van der Waals surface area contributed by atoms with E-state index in [4.69, 9.17) is 0 Å². The van der Waals surface area contributed by atoms with Crippen LogP contribution in [-0.4, -0.2) is 17.7 Å². The summed E-state index contributed by atoms with van der Waals surface area (Å²) < 4.78 is 2.60. The van der Waals surface area contributed by atoms with Gasteiger partial charge in [0.05, 0.1) is 5.52 Å². The number of rotatable bonds is 0. The van der Waals surface area contributed by atoms with Gasteiger partial charge in [0, 0.05) is 24.2 Å². The zero-order valence-electron chi connectivity index (χ0n) is 10.1. The number of hydrogen-bond acceptors (Lipinski definition) is 1. The molecule has 1 N–H and O–H groups in total. The maximum Gasteiger partial charge on any atom is 0.0518 e. The molecule has 0 unspecified atom stereocenters. The van der Waals surface area contributed by atoms with E-state index in [0.29, 0.717) is 0 Å². The SMILES string of the molecule is c1cc2c3c(c1)c1c(n3CCNCC2)CCC1. The van der Waals surface area contributed by atoms with Crippen molar-refractivity contribution in [1.82, 2.24) is 9.88 Å². The first kappa shape index (κ1) is 9.72. The number of para-hydroxylation sites is 1. The number of nitrogens with zero attached hydrogens (tertiary/aromatic N) is 1. The highest BCUT2D eigenvalue weighted by Crippen LogP contribution is 2.35. The van der Waals surface area contributed by atoms with Crippen LogP contribution in [0.5, 0.6) is 0 Å². The highest BCUT2D eigenvalue weighted by molar-refractivity contribution is 5.89. The van der Waals surface area contributed by atoms with E-state index in [-0.39, 0.29) is 0 Å². The zero-order chi connectivity index (χ0) is 11.2. The third-order valence-corrected chi connectivity index (χ3v) is 4.31. The van der Waals surface area contributed by atoms with Crippen molar-refractivity contribution < 1.29 is 0 Å². The van der Waals surface area contributed by atoms with Crippen LogP contribution in [0.4, 0.5) is 0 Å². The Hall–Kier alpha value is -1.28. The third kappa shape index (κ3) is 1.31. The lowest BCUT2D eigenvalue weighted by molar-refractivity contribution is 0.583. The quantitative estimate of drug-likeness (QED) is 0.729. The summed E-state index contributed by atoms with van der Waals surface area (Å²) in [7, 11) is 0. The van der Waals surface area contributed by atoms with Crippen molar-refractivity contribution in [3.05, 3.63) is 35.0 Å². The van der Waals surface area contributed by atoms with Gasteiger partial charge in [-0.2, -0.15) is 0 Å². The molecule has 0 radical (unpaired) electrons. The van der Waals surface area contributed by atoms with Gasteiger partial charge in [-0.1, -0.05) is 18.2 Å². The van der Waals surface area contributed by atoms with Gasteiger partial charge in [0.1, 0.15) is 0 Å². The lowest BCUT2D eigenvalue weighted by atomic mass is 10.0. The predicted molar refractivity (Wildman–Crippen MR) is 70.5 cm³/mol. The highest BCUT2D eigenvalue weighted by Gasteiger charge is 2.23. The lowest BCUT2D eigenvalue weighted by Gasteiger charge is -2.16. The maximum absolute atomic E-state index is 3.53. The molecule has 2 nitrogen and oxygen atoms in total. The van der Waals surface area contributed by atoms with Crippen molar-refractivity contribution in [3.63, 3.8) is 0 Å². The fraction of sp³-hybridized carbons (Fsp3) is 0.467. The molecule has 0 atom stereocenters. The molecule has 1 aliphatic carbocycles. The van der Waals surface area contributed by atoms with Crippen LogP contribution in [0.15, 0.2) is 18.2 Å². The van der Waals surface area contributed by atoms with Crippen LogP contribution in [0.3, 0.4) is 0 Å². The summed E-state index contributed by atoms with van der Waals surface area (Å²) in [6, 6.07) is 6.87. The van der Waals surface area contributed by atoms with Crippen molar-refractivity contribution >= 4 is 10.9 Å². The molecule has 17 heavy (non-hydrogen) atoms. The molecule has 0 saturated carbocycles. The molecule has 2 aromatic rings. The Labute approximate surface area is 102 Å². The standard InChI is InChI=1S/C15H18N2/c1-3-11-7-8-16-9-10-17-14-6-2-4-12(14)13(5-1)15(11)17/h1,3,5,16H,2,4,6-10H2. The van der Waals surface area contributed by atoms with Crippen LogP contribution in [0, 0.1) is 0 Å². The summed E-state index contributed by atoms with van der Waals surface area (Å²) in [6.45, 7) is 3.38. The number of fused-ring (bicyclic) bond motifs is 3. The molecule has 0 bridgehead atoms. The normalized spacial score (nSPS) is 19.1. The first-order chi connectivity index (χ1) is 8.45. The Kier molecular flexibility index (Phi) is 2.06. The van der Waals surface area contributed by atoms with Crippen molar-refractivity contribution in [1.29, 1.82) is 0 Å². The third-order valence-electron chi connectivity index (χ3n) is 4.31. The highest BCUT2D eigenvalue weighted by atomic mass is 15.0. The fourth-order valence-corrected chi connectivity index (χ4v) is 3.59. The molecule has 2 heteroatoms. The van der Waals surface area contributed by atoms with Crippen molar-refractivity contribution in [2.75, 3.05) is 13.1 Å². The summed E-state index contributed by atoms with van der Waals surface area (Å²) in [5.41, 5.74) is 6.34. The van der Waals surface area contributed by atoms with Crippen LogP contribution in [0.2, 0.25) is 0 Å². The van der Waals surface area contributed by atoms with Gasteiger partial charge in [0.25, 0.3) is 0 Å². The molecular weight excluding hydrogens is 208 g/mol. The van der Waals surface area contributed by atoms with Crippen molar-refractivity contribution in [3.8, 4) is 0 Å². The largest absolute Gasteiger partial charge is 0.343 e. The van der Waals surface area contributed by atoms with E-state index < -0.39 is 0 Å². The number of benzene rings is 1. The average molecular weight is 226 g/mol. The second-order valence-electron chi connectivity index (χ2n) is 5.24. The van der Waals surface area contributed by atoms with Crippen molar-refractivity contribution in [2.45, 2.75) is 32.2 Å². The number of aryl methyl sites for hydroxylation is 1. The Balaban J connectivity index is 2.09. The summed E-state index contributed by atoms with van der Waals surface area (Å²) in [6.07, 6.45) is 5.08. The van der Waals surface area contributed by atoms with Gasteiger partial charge in [0.2, 0.25) is 0 Å². The number of nitrogens with one attached hydrogen (secondary N) is 1. The zero-order valence-corrected chi connectivity index (χ0v) is 10.1. The van der Waals surface area contributed by atoms with Gasteiger partial charge in [0.15, 0.2) is 0 Å². The molecule has 88 valence electrons. The number of aromatic nitrogens is 1. The van der Waals surface area contributed by atoms with Gasteiger partial charge >= 0.3 is 0 Å². The predicted octanol–water partition coefficient (Wildman–Crippen LogP) is 2.28. The minimum atomic E-state index is 1.12. The maximum atomic E-state index is 3.53. The first-order valence-electron chi connectivity index (χ1n) is 6.78. The minimum absolute atomic E-state index is 1.12. The Bertz CT molecular complexity index is 580. The van der Waals surface area contributed by atoms with E-state index >= 15 is 0 Å². The topological polar surface area (TPSA) is 17.0 Å². The molecule has 1 aliphatic heterocycles. The minimum Gasteiger partial charge on any atom is -0.343 e. The monoisotopic (exact) mass is 226 g/mol. The second kappa shape index (κ2) is 3.61. The molecular formula is C15H18N2. The summed E-state index contributed by atoms with van der Waals surface area (Å²) in [5.74, 6) is 0. The van der Waals surface area contributed by atoms with Crippen LogP contribution in [0.25, 0.3) is 10.9 Å². The summed E-state index contributed by atoms with van der Waals surface area (Å²) in [5, 5.41) is 5.07. The van der Waals surface area contributed by atoms with Gasteiger partial charge < -0.3 is 9.88 Å². The molecule has 2 aliphatic rings. The molecule has 0 saturated heterocycles. The Morgan fingerprint density at radius 2 is 2.06 bits per heavy atom. The molecule has 0 amide bonds. The molecule has 1 aromatic heterocycles. The van der Waals surface area contributed by atoms with Crippen LogP contribution in [-0.2, 0) is 25.8 Å². The summed E-state index contributed by atoms with van der Waals surface area (Å²) in [4.78, 5) is 0. The van der Waals surface area contributed by atoms with Gasteiger partial charge in [-0.25, -0.2) is 0 Å². The van der Waals surface area contributed by atoms with E-state index in [9.17, 15) is 0 Å². The van der Waals surface area contributed by atoms with E-state index in [0.717, 1.165) is 19.6 Å². The van der Waals surface area contributed by atoms with E-state index in [1.165, 1.54) is 36.6 Å².